The fourth-order valence-electron chi connectivity index (χ4n) is 4.33. The number of para-hydroxylation sites is 2. The van der Waals surface area contributed by atoms with Crippen LogP contribution in [0, 0.1) is 11.7 Å². The second-order valence-electron chi connectivity index (χ2n) is 8.64. The molecule has 0 bridgehead atoms. The number of carbonyl (C=O) groups excluding carboxylic acids is 2. The Kier molecular flexibility index (Phi) is 7.57. The molecule has 0 spiro atoms. The molecule has 0 aromatic heterocycles. The van der Waals surface area contributed by atoms with Gasteiger partial charge in [-0.15, -0.1) is 0 Å². The minimum atomic E-state index is -0.338. The Morgan fingerprint density at radius 2 is 1.71 bits per heavy atom. The van der Waals surface area contributed by atoms with E-state index in [1.54, 1.807) is 30.3 Å². The van der Waals surface area contributed by atoms with Gasteiger partial charge in [0.1, 0.15) is 5.82 Å². The van der Waals surface area contributed by atoms with Crippen LogP contribution in [0.4, 0.5) is 21.5 Å². The lowest BCUT2D eigenvalue weighted by atomic mass is 9.88. The maximum absolute atomic E-state index is 13.2. The Morgan fingerprint density at radius 1 is 1.00 bits per heavy atom. The fourth-order valence-corrected chi connectivity index (χ4v) is 4.33. The Morgan fingerprint density at radius 3 is 2.40 bits per heavy atom. The lowest BCUT2D eigenvalue weighted by molar-refractivity contribution is -0.120. The third kappa shape index (κ3) is 6.13. The molecule has 3 aromatic rings. The van der Waals surface area contributed by atoms with E-state index in [2.05, 4.69) is 22.5 Å². The number of amides is 2. The van der Waals surface area contributed by atoms with Crippen molar-refractivity contribution in [1.82, 2.24) is 4.90 Å². The number of benzene rings is 3. The molecule has 35 heavy (non-hydrogen) atoms. The second-order valence-corrected chi connectivity index (χ2v) is 8.64. The van der Waals surface area contributed by atoms with Crippen molar-refractivity contribution < 1.29 is 14.0 Å². The third-order valence-corrected chi connectivity index (χ3v) is 6.30. The van der Waals surface area contributed by atoms with E-state index in [4.69, 9.17) is 5.73 Å². The molecular weight excluding hydrogens is 443 g/mol. The first kappa shape index (κ1) is 24.2. The van der Waals surface area contributed by atoms with Crippen molar-refractivity contribution in [3.05, 3.63) is 95.8 Å². The summed E-state index contributed by atoms with van der Waals surface area (Å²) in [6.07, 6.45) is 3.21. The van der Waals surface area contributed by atoms with Crippen molar-refractivity contribution in [2.75, 3.05) is 36.0 Å². The van der Waals surface area contributed by atoms with E-state index in [0.717, 1.165) is 24.2 Å². The number of likely N-dealkylation sites (N-methyl/N-ethyl adjacent to an activating group) is 1. The van der Waals surface area contributed by atoms with Gasteiger partial charge in [0.15, 0.2) is 0 Å². The van der Waals surface area contributed by atoms with Crippen LogP contribution in [0.15, 0.2) is 78.9 Å². The number of halogens is 1. The standard InChI is InChI=1S/C28H29FN4O2/c1-2-33-17-23(24(18-33)28(35)31-22-14-12-21(29)13-15-22)20-10-7-19(8-11-20)9-16-27(34)32-26-6-4-3-5-25(26)30/h3-16,23-24H,2,17-18,30H2,1H3,(H,31,35)(H,32,34). The summed E-state index contributed by atoms with van der Waals surface area (Å²) in [6.45, 7) is 4.39. The van der Waals surface area contributed by atoms with E-state index in [1.165, 1.54) is 18.2 Å². The summed E-state index contributed by atoms with van der Waals surface area (Å²) >= 11 is 0. The average Bonchev–Trinajstić information content (AvgIpc) is 3.31. The van der Waals surface area contributed by atoms with Gasteiger partial charge < -0.3 is 21.3 Å². The summed E-state index contributed by atoms with van der Waals surface area (Å²) in [5, 5.41) is 5.69. The molecule has 1 heterocycles. The van der Waals surface area contributed by atoms with Gasteiger partial charge in [0.2, 0.25) is 11.8 Å². The van der Waals surface area contributed by atoms with Crippen molar-refractivity contribution in [1.29, 1.82) is 0 Å². The van der Waals surface area contributed by atoms with Crippen LogP contribution in [0.25, 0.3) is 6.08 Å². The number of nitrogens with zero attached hydrogens (tertiary/aromatic N) is 1. The van der Waals surface area contributed by atoms with Gasteiger partial charge >= 0.3 is 0 Å². The molecule has 3 aromatic carbocycles. The van der Waals surface area contributed by atoms with Gasteiger partial charge in [-0.25, -0.2) is 4.39 Å². The minimum Gasteiger partial charge on any atom is -0.397 e. The van der Waals surface area contributed by atoms with Crippen molar-refractivity contribution in [2.45, 2.75) is 12.8 Å². The average molecular weight is 473 g/mol. The molecule has 1 aliphatic heterocycles. The predicted octanol–water partition coefficient (Wildman–Crippen LogP) is 4.73. The van der Waals surface area contributed by atoms with Gasteiger partial charge in [0.25, 0.3) is 0 Å². The van der Waals surface area contributed by atoms with Crippen LogP contribution in [0.2, 0.25) is 0 Å². The zero-order chi connectivity index (χ0) is 24.8. The molecule has 1 fully saturated rings. The maximum atomic E-state index is 13.2. The van der Waals surface area contributed by atoms with Gasteiger partial charge in [-0.1, -0.05) is 43.3 Å². The number of likely N-dealkylation sites (tertiary alicyclic amines) is 1. The smallest absolute Gasteiger partial charge is 0.248 e. The molecular formula is C28H29FN4O2. The molecule has 0 radical (unpaired) electrons. The molecule has 4 N–H and O–H groups in total. The number of nitrogens with one attached hydrogen (secondary N) is 2. The first-order valence-electron chi connectivity index (χ1n) is 11.6. The Labute approximate surface area is 204 Å². The van der Waals surface area contributed by atoms with Crippen LogP contribution in [-0.2, 0) is 9.59 Å². The lowest BCUT2D eigenvalue weighted by Gasteiger charge is -2.19. The van der Waals surface area contributed by atoms with Crippen molar-refractivity contribution in [3.63, 3.8) is 0 Å². The monoisotopic (exact) mass is 472 g/mol. The zero-order valence-corrected chi connectivity index (χ0v) is 19.6. The van der Waals surface area contributed by atoms with E-state index in [-0.39, 0.29) is 29.5 Å². The second kappa shape index (κ2) is 11.0. The Bertz CT molecular complexity index is 1210. The Balaban J connectivity index is 1.42. The molecule has 2 amide bonds. The molecule has 4 rings (SSSR count). The van der Waals surface area contributed by atoms with Crippen LogP contribution in [0.1, 0.15) is 24.0 Å². The lowest BCUT2D eigenvalue weighted by Crippen LogP contribution is -2.28. The maximum Gasteiger partial charge on any atom is 0.248 e. The largest absolute Gasteiger partial charge is 0.397 e. The van der Waals surface area contributed by atoms with Crippen LogP contribution in [0.5, 0.6) is 0 Å². The van der Waals surface area contributed by atoms with Gasteiger partial charge in [-0.3, -0.25) is 9.59 Å². The van der Waals surface area contributed by atoms with E-state index in [9.17, 15) is 14.0 Å². The van der Waals surface area contributed by atoms with Gasteiger partial charge in [-0.2, -0.15) is 0 Å². The van der Waals surface area contributed by atoms with Gasteiger partial charge in [0, 0.05) is 30.8 Å². The summed E-state index contributed by atoms with van der Waals surface area (Å²) < 4.78 is 13.2. The highest BCUT2D eigenvalue weighted by Gasteiger charge is 2.37. The number of hydrogen-bond donors (Lipinski definition) is 3. The van der Waals surface area contributed by atoms with Crippen LogP contribution < -0.4 is 16.4 Å². The number of carbonyl (C=O) groups is 2. The van der Waals surface area contributed by atoms with Gasteiger partial charge in [0.05, 0.1) is 17.3 Å². The fraction of sp³-hybridized carbons (Fsp3) is 0.214. The molecule has 7 heteroatoms. The third-order valence-electron chi connectivity index (χ3n) is 6.30. The highest BCUT2D eigenvalue weighted by atomic mass is 19.1. The van der Waals surface area contributed by atoms with Crippen LogP contribution >= 0.6 is 0 Å². The van der Waals surface area contributed by atoms with Crippen molar-refractivity contribution >= 4 is 35.0 Å². The quantitative estimate of drug-likeness (QED) is 0.343. The minimum absolute atomic E-state index is 0.0396. The summed E-state index contributed by atoms with van der Waals surface area (Å²) in [5.41, 5.74) is 9.48. The number of anilines is 3. The zero-order valence-electron chi connectivity index (χ0n) is 19.6. The summed E-state index contributed by atoms with van der Waals surface area (Å²) in [4.78, 5) is 27.6. The molecule has 6 nitrogen and oxygen atoms in total. The molecule has 1 aliphatic rings. The first-order valence-corrected chi connectivity index (χ1v) is 11.6. The topological polar surface area (TPSA) is 87.5 Å². The normalized spacial score (nSPS) is 18.0. The predicted molar refractivity (Wildman–Crippen MR) is 138 cm³/mol. The Hall–Kier alpha value is -3.97. The number of rotatable bonds is 7. The van der Waals surface area contributed by atoms with Crippen molar-refractivity contribution in [2.24, 2.45) is 5.92 Å². The molecule has 2 unspecified atom stereocenters. The van der Waals surface area contributed by atoms with Crippen LogP contribution in [0.3, 0.4) is 0 Å². The molecule has 1 saturated heterocycles. The van der Waals surface area contributed by atoms with E-state index < -0.39 is 0 Å². The van der Waals surface area contributed by atoms with Gasteiger partial charge in [-0.05, 0) is 60.1 Å². The van der Waals surface area contributed by atoms with E-state index in [0.29, 0.717) is 23.6 Å². The van der Waals surface area contributed by atoms with E-state index in [1.807, 2.05) is 36.4 Å². The molecule has 0 saturated carbocycles. The first-order chi connectivity index (χ1) is 16.9. The summed E-state index contributed by atoms with van der Waals surface area (Å²) in [7, 11) is 0. The van der Waals surface area contributed by atoms with Crippen molar-refractivity contribution in [3.8, 4) is 0 Å². The number of hydrogen-bond acceptors (Lipinski definition) is 4. The van der Waals surface area contributed by atoms with E-state index >= 15 is 0 Å². The number of nitrogen functional groups attached to an aromatic ring is 1. The number of nitrogens with two attached hydrogens (primary N) is 1. The summed E-state index contributed by atoms with van der Waals surface area (Å²) in [6, 6.07) is 20.8. The highest BCUT2D eigenvalue weighted by molar-refractivity contribution is 6.03. The SMILES string of the molecule is CCN1CC(C(=O)Nc2ccc(F)cc2)C(c2ccc(C=CC(=O)Nc3ccccc3N)cc2)C1. The highest BCUT2D eigenvalue weighted by Crippen LogP contribution is 2.34. The molecule has 0 aliphatic carbocycles. The molecule has 2 atom stereocenters. The molecule has 180 valence electrons. The van der Waals surface area contributed by atoms with Crippen LogP contribution in [-0.4, -0.2) is 36.3 Å². The summed E-state index contributed by atoms with van der Waals surface area (Å²) in [5.74, 6) is -0.853.